The van der Waals surface area contributed by atoms with Gasteiger partial charge in [0.05, 0.1) is 6.10 Å². The molecule has 2 aromatic carbocycles. The third-order valence-corrected chi connectivity index (χ3v) is 4.07. The van der Waals surface area contributed by atoms with Crippen molar-refractivity contribution < 1.29 is 14.3 Å². The standard InChI is InChI=1S/C18H21NO3S/c1-13(2)21-15-10-6-7-11-16(15)22-18(20)19(4)23-17-12-8-5-9-14(17)3/h5-13H,1-4H3. The fourth-order valence-electron chi connectivity index (χ4n) is 1.89. The van der Waals surface area contributed by atoms with Crippen molar-refractivity contribution in [3.05, 3.63) is 54.1 Å². The molecule has 0 N–H and O–H groups in total. The van der Waals surface area contributed by atoms with Crippen LogP contribution < -0.4 is 9.47 Å². The Hall–Kier alpha value is -2.14. The van der Waals surface area contributed by atoms with Crippen LogP contribution in [0.3, 0.4) is 0 Å². The van der Waals surface area contributed by atoms with E-state index >= 15 is 0 Å². The Kier molecular flexibility index (Phi) is 5.93. The molecular formula is C18H21NO3S. The van der Waals surface area contributed by atoms with Crippen LogP contribution in [0.15, 0.2) is 53.4 Å². The van der Waals surface area contributed by atoms with Crippen molar-refractivity contribution in [1.29, 1.82) is 0 Å². The molecule has 0 fully saturated rings. The summed E-state index contributed by atoms with van der Waals surface area (Å²) >= 11 is 1.34. The monoisotopic (exact) mass is 331 g/mol. The summed E-state index contributed by atoms with van der Waals surface area (Å²) in [5, 5.41) is 0. The number of benzene rings is 2. The zero-order valence-corrected chi connectivity index (χ0v) is 14.6. The summed E-state index contributed by atoms with van der Waals surface area (Å²) < 4.78 is 12.6. The Morgan fingerprint density at radius 1 is 1.04 bits per heavy atom. The van der Waals surface area contributed by atoms with Crippen LogP contribution in [-0.4, -0.2) is 23.6 Å². The maximum atomic E-state index is 12.3. The zero-order chi connectivity index (χ0) is 16.8. The first kappa shape index (κ1) is 17.2. The molecule has 23 heavy (non-hydrogen) atoms. The Labute approximate surface area is 141 Å². The minimum Gasteiger partial charge on any atom is -0.487 e. The Morgan fingerprint density at radius 3 is 2.30 bits per heavy atom. The van der Waals surface area contributed by atoms with Crippen LogP contribution in [0, 0.1) is 6.92 Å². The number of para-hydroxylation sites is 2. The minimum atomic E-state index is -0.446. The van der Waals surface area contributed by atoms with E-state index in [9.17, 15) is 4.79 Å². The van der Waals surface area contributed by atoms with Gasteiger partial charge in [0.2, 0.25) is 0 Å². The highest BCUT2D eigenvalue weighted by molar-refractivity contribution is 7.97. The highest BCUT2D eigenvalue weighted by Crippen LogP contribution is 2.30. The average Bonchev–Trinajstić information content (AvgIpc) is 2.51. The lowest BCUT2D eigenvalue weighted by Crippen LogP contribution is -2.24. The SMILES string of the molecule is Cc1ccccc1SN(C)C(=O)Oc1ccccc1OC(C)C. The predicted octanol–water partition coefficient (Wildman–Crippen LogP) is 4.92. The summed E-state index contributed by atoms with van der Waals surface area (Å²) in [7, 11) is 1.69. The topological polar surface area (TPSA) is 38.8 Å². The van der Waals surface area contributed by atoms with Gasteiger partial charge in [-0.15, -0.1) is 0 Å². The first-order valence-corrected chi connectivity index (χ1v) is 8.19. The molecule has 122 valence electrons. The molecule has 0 spiro atoms. The molecule has 0 radical (unpaired) electrons. The van der Waals surface area contributed by atoms with Crippen LogP contribution in [0.4, 0.5) is 4.79 Å². The Balaban J connectivity index is 2.05. The number of rotatable bonds is 5. The molecule has 0 aliphatic rings. The molecule has 1 amide bonds. The maximum Gasteiger partial charge on any atom is 0.425 e. The van der Waals surface area contributed by atoms with E-state index in [0.717, 1.165) is 10.5 Å². The second kappa shape index (κ2) is 7.92. The van der Waals surface area contributed by atoms with E-state index in [0.29, 0.717) is 11.5 Å². The Morgan fingerprint density at radius 2 is 1.65 bits per heavy atom. The number of carbonyl (C=O) groups is 1. The van der Waals surface area contributed by atoms with Gasteiger partial charge in [-0.05, 0) is 56.5 Å². The highest BCUT2D eigenvalue weighted by atomic mass is 32.2. The van der Waals surface area contributed by atoms with Gasteiger partial charge in [-0.25, -0.2) is 9.10 Å². The van der Waals surface area contributed by atoms with Gasteiger partial charge in [-0.2, -0.15) is 0 Å². The summed E-state index contributed by atoms with van der Waals surface area (Å²) in [6.07, 6.45) is -0.438. The van der Waals surface area contributed by atoms with Crippen LogP contribution in [0.25, 0.3) is 0 Å². The molecule has 0 aliphatic heterocycles. The number of aryl methyl sites for hydroxylation is 1. The van der Waals surface area contributed by atoms with E-state index in [2.05, 4.69) is 0 Å². The van der Waals surface area contributed by atoms with Crippen molar-refractivity contribution >= 4 is 18.0 Å². The molecule has 0 aliphatic carbocycles. The van der Waals surface area contributed by atoms with E-state index in [4.69, 9.17) is 9.47 Å². The number of nitrogens with zero attached hydrogens (tertiary/aromatic N) is 1. The van der Waals surface area contributed by atoms with Crippen LogP contribution in [-0.2, 0) is 0 Å². The van der Waals surface area contributed by atoms with Crippen molar-refractivity contribution in [2.45, 2.75) is 31.8 Å². The van der Waals surface area contributed by atoms with Crippen molar-refractivity contribution in [2.75, 3.05) is 7.05 Å². The molecule has 0 saturated heterocycles. The van der Waals surface area contributed by atoms with Gasteiger partial charge in [-0.3, -0.25) is 0 Å². The lowest BCUT2D eigenvalue weighted by molar-refractivity contribution is 0.180. The second-order valence-corrected chi connectivity index (χ2v) is 6.51. The quantitative estimate of drug-likeness (QED) is 0.729. The summed E-state index contributed by atoms with van der Waals surface area (Å²) in [5.74, 6) is 0.980. The first-order chi connectivity index (χ1) is 11.0. The third-order valence-electron chi connectivity index (χ3n) is 3.00. The molecule has 0 heterocycles. The van der Waals surface area contributed by atoms with Crippen LogP contribution in [0.2, 0.25) is 0 Å². The summed E-state index contributed by atoms with van der Waals surface area (Å²) in [5.41, 5.74) is 1.11. The zero-order valence-electron chi connectivity index (χ0n) is 13.8. The van der Waals surface area contributed by atoms with E-state index in [1.807, 2.05) is 57.2 Å². The lowest BCUT2D eigenvalue weighted by atomic mass is 10.2. The van der Waals surface area contributed by atoms with Gasteiger partial charge < -0.3 is 9.47 Å². The molecule has 2 rings (SSSR count). The number of amides is 1. The fourth-order valence-corrected chi connectivity index (χ4v) is 2.65. The number of ether oxygens (including phenoxy) is 2. The molecule has 0 saturated carbocycles. The van der Waals surface area contributed by atoms with Crippen LogP contribution in [0.5, 0.6) is 11.5 Å². The van der Waals surface area contributed by atoms with Gasteiger partial charge in [-0.1, -0.05) is 30.3 Å². The molecule has 0 atom stereocenters. The summed E-state index contributed by atoms with van der Waals surface area (Å²) in [6.45, 7) is 5.87. The lowest BCUT2D eigenvalue weighted by Gasteiger charge is -2.18. The normalized spacial score (nSPS) is 10.5. The highest BCUT2D eigenvalue weighted by Gasteiger charge is 2.16. The largest absolute Gasteiger partial charge is 0.487 e. The van der Waals surface area contributed by atoms with E-state index in [-0.39, 0.29) is 6.10 Å². The second-order valence-electron chi connectivity index (χ2n) is 5.34. The number of carbonyl (C=O) groups excluding carboxylic acids is 1. The molecule has 0 bridgehead atoms. The molecule has 4 nitrogen and oxygen atoms in total. The molecular weight excluding hydrogens is 310 g/mol. The first-order valence-electron chi connectivity index (χ1n) is 7.42. The van der Waals surface area contributed by atoms with E-state index in [1.165, 1.54) is 16.3 Å². The van der Waals surface area contributed by atoms with Gasteiger partial charge in [0.1, 0.15) is 0 Å². The van der Waals surface area contributed by atoms with E-state index < -0.39 is 6.09 Å². The number of hydrogen-bond acceptors (Lipinski definition) is 4. The van der Waals surface area contributed by atoms with Crippen molar-refractivity contribution in [1.82, 2.24) is 4.31 Å². The van der Waals surface area contributed by atoms with Crippen molar-refractivity contribution in [3.63, 3.8) is 0 Å². The summed E-state index contributed by atoms with van der Waals surface area (Å²) in [6, 6.07) is 15.1. The third kappa shape index (κ3) is 4.93. The van der Waals surface area contributed by atoms with Crippen molar-refractivity contribution in [2.24, 2.45) is 0 Å². The Bertz CT molecular complexity index is 673. The smallest absolute Gasteiger partial charge is 0.425 e. The van der Waals surface area contributed by atoms with Gasteiger partial charge in [0.25, 0.3) is 0 Å². The minimum absolute atomic E-state index is 0.00826. The van der Waals surface area contributed by atoms with Gasteiger partial charge in [0.15, 0.2) is 11.5 Å². The van der Waals surface area contributed by atoms with Crippen LogP contribution >= 0.6 is 11.9 Å². The molecule has 2 aromatic rings. The molecule has 0 aromatic heterocycles. The maximum absolute atomic E-state index is 12.3. The summed E-state index contributed by atoms with van der Waals surface area (Å²) in [4.78, 5) is 13.3. The number of hydrogen-bond donors (Lipinski definition) is 0. The van der Waals surface area contributed by atoms with Gasteiger partial charge >= 0.3 is 6.09 Å². The molecule has 5 heteroatoms. The van der Waals surface area contributed by atoms with Crippen molar-refractivity contribution in [3.8, 4) is 11.5 Å². The molecule has 0 unspecified atom stereocenters. The van der Waals surface area contributed by atoms with Crippen LogP contribution in [0.1, 0.15) is 19.4 Å². The van der Waals surface area contributed by atoms with Gasteiger partial charge in [0, 0.05) is 11.9 Å². The predicted molar refractivity (Wildman–Crippen MR) is 93.0 cm³/mol. The average molecular weight is 331 g/mol. The van der Waals surface area contributed by atoms with E-state index in [1.54, 1.807) is 19.2 Å². The fraction of sp³-hybridized carbons (Fsp3) is 0.278.